The summed E-state index contributed by atoms with van der Waals surface area (Å²) < 4.78 is 5.20. The minimum absolute atomic E-state index is 0.0591. The van der Waals surface area contributed by atoms with Crippen LogP contribution in [0.3, 0.4) is 0 Å². The molecule has 1 aliphatic rings. The highest BCUT2D eigenvalue weighted by molar-refractivity contribution is 5.88. The molecule has 1 aliphatic heterocycles. The summed E-state index contributed by atoms with van der Waals surface area (Å²) in [5.74, 6) is -0.293. The number of nitrogens with two attached hydrogens (primary N) is 1. The largest absolute Gasteiger partial charge is 0.378 e. The summed E-state index contributed by atoms with van der Waals surface area (Å²) in [4.78, 5) is 25.9. The number of nitrogens with one attached hydrogen (secondary N) is 1. The molecule has 1 saturated heterocycles. The quantitative estimate of drug-likeness (QED) is 0.711. The second-order valence-electron chi connectivity index (χ2n) is 5.25. The predicted molar refractivity (Wildman–Crippen MR) is 72.4 cm³/mol. The highest BCUT2D eigenvalue weighted by Gasteiger charge is 2.27. The van der Waals surface area contributed by atoms with Crippen molar-refractivity contribution in [1.82, 2.24) is 10.2 Å². The Hall–Kier alpha value is -1.14. The Morgan fingerprint density at radius 3 is 2.32 bits per heavy atom. The maximum absolute atomic E-state index is 12.1. The smallest absolute Gasteiger partial charge is 0.245 e. The minimum atomic E-state index is -0.515. The zero-order valence-electron chi connectivity index (χ0n) is 12.0. The predicted octanol–water partition coefficient (Wildman–Crippen LogP) is -0.419. The number of ether oxygens (including phenoxy) is 1. The molecule has 0 radical (unpaired) electrons. The Morgan fingerprint density at radius 1 is 1.26 bits per heavy atom. The van der Waals surface area contributed by atoms with Gasteiger partial charge in [0, 0.05) is 19.6 Å². The first-order chi connectivity index (χ1) is 8.97. The van der Waals surface area contributed by atoms with Gasteiger partial charge >= 0.3 is 0 Å². The van der Waals surface area contributed by atoms with E-state index in [0.29, 0.717) is 32.8 Å². The average molecular weight is 271 g/mol. The Labute approximate surface area is 114 Å². The molecule has 6 heteroatoms. The topological polar surface area (TPSA) is 84.7 Å². The first-order valence-corrected chi connectivity index (χ1v) is 6.84. The van der Waals surface area contributed by atoms with Crippen molar-refractivity contribution in [2.45, 2.75) is 26.8 Å². The van der Waals surface area contributed by atoms with Gasteiger partial charge in [0.25, 0.3) is 0 Å². The van der Waals surface area contributed by atoms with E-state index in [1.807, 2.05) is 13.8 Å². The van der Waals surface area contributed by atoms with Crippen LogP contribution in [0.25, 0.3) is 0 Å². The fraction of sp³-hybridized carbons (Fsp3) is 0.846. The van der Waals surface area contributed by atoms with Gasteiger partial charge in [-0.15, -0.1) is 0 Å². The summed E-state index contributed by atoms with van der Waals surface area (Å²) in [5, 5.41) is 2.76. The molecule has 1 fully saturated rings. The molecule has 2 amide bonds. The number of morpholine rings is 1. The average Bonchev–Trinajstić information content (AvgIpc) is 2.39. The van der Waals surface area contributed by atoms with Crippen molar-refractivity contribution in [3.8, 4) is 0 Å². The number of hydrogen-bond acceptors (Lipinski definition) is 4. The standard InChI is InChI=1S/C13H25N3O3/c1-9(2)11(8-14)12(17)15-10(3)13(18)16-4-6-19-7-5-16/h9-11H,4-8,14H2,1-3H3,(H,15,17). The van der Waals surface area contributed by atoms with Crippen LogP contribution in [0.1, 0.15) is 20.8 Å². The molecule has 2 atom stereocenters. The highest BCUT2D eigenvalue weighted by atomic mass is 16.5. The lowest BCUT2D eigenvalue weighted by Crippen LogP contribution is -2.52. The van der Waals surface area contributed by atoms with E-state index in [1.54, 1.807) is 11.8 Å². The third-order valence-corrected chi connectivity index (χ3v) is 3.45. The molecule has 0 aromatic heterocycles. The number of carbonyl (C=O) groups excluding carboxylic acids is 2. The van der Waals surface area contributed by atoms with Gasteiger partial charge in [-0.25, -0.2) is 0 Å². The van der Waals surface area contributed by atoms with Crippen LogP contribution in [0.5, 0.6) is 0 Å². The molecule has 0 bridgehead atoms. The third-order valence-electron chi connectivity index (χ3n) is 3.45. The van der Waals surface area contributed by atoms with E-state index in [1.165, 1.54) is 0 Å². The van der Waals surface area contributed by atoms with E-state index in [-0.39, 0.29) is 23.7 Å². The second kappa shape index (κ2) is 7.45. The van der Waals surface area contributed by atoms with E-state index < -0.39 is 6.04 Å². The minimum Gasteiger partial charge on any atom is -0.378 e. The molecule has 0 spiro atoms. The summed E-state index contributed by atoms with van der Waals surface area (Å²) in [5.41, 5.74) is 5.60. The molecule has 0 saturated carbocycles. The zero-order valence-corrected chi connectivity index (χ0v) is 12.0. The van der Waals surface area contributed by atoms with Crippen LogP contribution in [-0.2, 0) is 14.3 Å². The molecular formula is C13H25N3O3. The molecule has 3 N–H and O–H groups in total. The molecule has 0 aromatic rings. The van der Waals surface area contributed by atoms with Crippen LogP contribution < -0.4 is 11.1 Å². The Morgan fingerprint density at radius 2 is 1.84 bits per heavy atom. The molecule has 1 heterocycles. The number of nitrogens with zero attached hydrogens (tertiary/aromatic N) is 1. The van der Waals surface area contributed by atoms with E-state index in [9.17, 15) is 9.59 Å². The molecule has 2 unspecified atom stereocenters. The van der Waals surface area contributed by atoms with Crippen molar-refractivity contribution in [3.05, 3.63) is 0 Å². The Bertz CT molecular complexity index is 314. The summed E-state index contributed by atoms with van der Waals surface area (Å²) in [6.45, 7) is 8.20. The Balaban J connectivity index is 2.50. The van der Waals surface area contributed by atoms with Crippen LogP contribution in [0.15, 0.2) is 0 Å². The van der Waals surface area contributed by atoms with Gasteiger partial charge in [0.05, 0.1) is 19.1 Å². The maximum atomic E-state index is 12.1. The van der Waals surface area contributed by atoms with Crippen molar-refractivity contribution >= 4 is 11.8 Å². The number of rotatable bonds is 5. The monoisotopic (exact) mass is 271 g/mol. The lowest BCUT2D eigenvalue weighted by atomic mass is 9.95. The van der Waals surface area contributed by atoms with Crippen molar-refractivity contribution in [1.29, 1.82) is 0 Å². The molecule has 0 aliphatic carbocycles. The van der Waals surface area contributed by atoms with Gasteiger partial charge in [-0.1, -0.05) is 13.8 Å². The van der Waals surface area contributed by atoms with Gasteiger partial charge in [-0.2, -0.15) is 0 Å². The van der Waals surface area contributed by atoms with Gasteiger partial charge in [-0.05, 0) is 12.8 Å². The van der Waals surface area contributed by atoms with Crippen molar-refractivity contribution < 1.29 is 14.3 Å². The number of carbonyl (C=O) groups is 2. The summed E-state index contributed by atoms with van der Waals surface area (Å²) >= 11 is 0. The molecule has 0 aromatic carbocycles. The van der Waals surface area contributed by atoms with Gasteiger partial charge in [-0.3, -0.25) is 9.59 Å². The summed E-state index contributed by atoms with van der Waals surface area (Å²) in [7, 11) is 0. The fourth-order valence-electron chi connectivity index (χ4n) is 2.12. The first-order valence-electron chi connectivity index (χ1n) is 6.84. The second-order valence-corrected chi connectivity index (χ2v) is 5.25. The van der Waals surface area contributed by atoms with Gasteiger partial charge in [0.15, 0.2) is 0 Å². The van der Waals surface area contributed by atoms with Crippen LogP contribution >= 0.6 is 0 Å². The molecule has 6 nitrogen and oxygen atoms in total. The van der Waals surface area contributed by atoms with Gasteiger partial charge in [0.1, 0.15) is 6.04 Å². The van der Waals surface area contributed by atoms with E-state index in [2.05, 4.69) is 5.32 Å². The third kappa shape index (κ3) is 4.47. The van der Waals surface area contributed by atoms with E-state index in [0.717, 1.165) is 0 Å². The van der Waals surface area contributed by atoms with E-state index in [4.69, 9.17) is 10.5 Å². The molecular weight excluding hydrogens is 246 g/mol. The fourth-order valence-corrected chi connectivity index (χ4v) is 2.12. The lowest BCUT2D eigenvalue weighted by Gasteiger charge is -2.30. The summed E-state index contributed by atoms with van der Waals surface area (Å²) in [6, 6.07) is -0.515. The van der Waals surface area contributed by atoms with E-state index >= 15 is 0 Å². The van der Waals surface area contributed by atoms with Crippen molar-refractivity contribution in [2.24, 2.45) is 17.6 Å². The lowest BCUT2D eigenvalue weighted by molar-refractivity contribution is -0.140. The number of hydrogen-bond donors (Lipinski definition) is 2. The normalized spacial score (nSPS) is 19.1. The SMILES string of the molecule is CC(NC(=O)C(CN)C(C)C)C(=O)N1CCOCC1. The zero-order chi connectivity index (χ0) is 14.4. The van der Waals surface area contributed by atoms with Crippen LogP contribution in [0.2, 0.25) is 0 Å². The Kier molecular flexibility index (Phi) is 6.24. The van der Waals surface area contributed by atoms with Crippen LogP contribution in [-0.4, -0.2) is 55.6 Å². The van der Waals surface area contributed by atoms with Crippen molar-refractivity contribution in [3.63, 3.8) is 0 Å². The van der Waals surface area contributed by atoms with Crippen LogP contribution in [0.4, 0.5) is 0 Å². The van der Waals surface area contributed by atoms with Crippen molar-refractivity contribution in [2.75, 3.05) is 32.8 Å². The highest BCUT2D eigenvalue weighted by Crippen LogP contribution is 2.10. The number of amides is 2. The summed E-state index contributed by atoms with van der Waals surface area (Å²) in [6.07, 6.45) is 0. The van der Waals surface area contributed by atoms with Gasteiger partial charge < -0.3 is 20.7 Å². The first kappa shape index (κ1) is 15.9. The molecule has 110 valence electrons. The maximum Gasteiger partial charge on any atom is 0.245 e. The molecule has 1 rings (SSSR count). The van der Waals surface area contributed by atoms with Gasteiger partial charge in [0.2, 0.25) is 11.8 Å². The van der Waals surface area contributed by atoms with Crippen LogP contribution in [0, 0.1) is 11.8 Å². The molecule has 19 heavy (non-hydrogen) atoms.